The Morgan fingerprint density at radius 1 is 1.33 bits per heavy atom. The number of pyridine rings is 1. The van der Waals surface area contributed by atoms with Gasteiger partial charge in [-0.2, -0.15) is 0 Å². The van der Waals surface area contributed by atoms with Gasteiger partial charge in [0.15, 0.2) is 0 Å². The molecular formula is C13H13BrIN3. The predicted molar refractivity (Wildman–Crippen MR) is 85.0 cm³/mol. The zero-order chi connectivity index (χ0) is 13.1. The fraction of sp³-hybridized carbons (Fsp3) is 0.154. The molecule has 0 aliphatic carbocycles. The molecule has 0 radical (unpaired) electrons. The van der Waals surface area contributed by atoms with Crippen molar-refractivity contribution in [2.24, 2.45) is 5.84 Å². The van der Waals surface area contributed by atoms with Crippen LogP contribution in [0.25, 0.3) is 0 Å². The zero-order valence-electron chi connectivity index (χ0n) is 9.82. The number of nitrogens with one attached hydrogen (secondary N) is 1. The summed E-state index contributed by atoms with van der Waals surface area (Å²) < 4.78 is 2.21. The molecule has 94 valence electrons. The Kier molecular flexibility index (Phi) is 4.71. The molecule has 18 heavy (non-hydrogen) atoms. The minimum atomic E-state index is -0.0674. The highest BCUT2D eigenvalue weighted by Gasteiger charge is 2.15. The molecule has 1 atom stereocenters. The third-order valence-electron chi connectivity index (χ3n) is 2.70. The molecule has 0 saturated carbocycles. The van der Waals surface area contributed by atoms with E-state index in [1.807, 2.05) is 31.3 Å². The SMILES string of the molecule is Cc1ccc(C(NN)c2cc(I)ccc2Br)cn1. The van der Waals surface area contributed by atoms with Crippen LogP contribution in [-0.4, -0.2) is 4.98 Å². The summed E-state index contributed by atoms with van der Waals surface area (Å²) in [6.45, 7) is 1.97. The van der Waals surface area contributed by atoms with Crippen LogP contribution in [0.2, 0.25) is 0 Å². The van der Waals surface area contributed by atoms with Crippen LogP contribution in [0.4, 0.5) is 0 Å². The number of benzene rings is 1. The number of aryl methyl sites for hydroxylation is 1. The van der Waals surface area contributed by atoms with E-state index in [2.05, 4.69) is 61.1 Å². The normalized spacial score (nSPS) is 12.4. The number of hydrogen-bond donors (Lipinski definition) is 2. The zero-order valence-corrected chi connectivity index (χ0v) is 13.6. The van der Waals surface area contributed by atoms with Crippen molar-refractivity contribution < 1.29 is 0 Å². The van der Waals surface area contributed by atoms with Gasteiger partial charge in [-0.15, -0.1) is 0 Å². The largest absolute Gasteiger partial charge is 0.271 e. The maximum atomic E-state index is 5.69. The fourth-order valence-corrected chi connectivity index (χ4v) is 2.74. The topological polar surface area (TPSA) is 50.9 Å². The number of hydrazine groups is 1. The number of aromatic nitrogens is 1. The standard InChI is InChI=1S/C13H13BrIN3/c1-8-2-3-9(7-17-8)13(18-16)11-6-10(15)4-5-12(11)14/h2-7,13,18H,16H2,1H3. The summed E-state index contributed by atoms with van der Waals surface area (Å²) in [6.07, 6.45) is 1.85. The summed E-state index contributed by atoms with van der Waals surface area (Å²) in [6, 6.07) is 10.1. The van der Waals surface area contributed by atoms with Crippen molar-refractivity contribution in [2.45, 2.75) is 13.0 Å². The van der Waals surface area contributed by atoms with Crippen molar-refractivity contribution in [2.75, 3.05) is 0 Å². The van der Waals surface area contributed by atoms with Crippen LogP contribution in [-0.2, 0) is 0 Å². The summed E-state index contributed by atoms with van der Waals surface area (Å²) in [5.74, 6) is 5.69. The van der Waals surface area contributed by atoms with Crippen molar-refractivity contribution in [1.82, 2.24) is 10.4 Å². The molecule has 1 aromatic carbocycles. The average Bonchev–Trinajstić information content (AvgIpc) is 2.37. The average molecular weight is 418 g/mol. The van der Waals surface area contributed by atoms with E-state index in [1.165, 1.54) is 3.57 Å². The van der Waals surface area contributed by atoms with Gasteiger partial charge in [0.1, 0.15) is 0 Å². The molecule has 0 aliphatic rings. The number of nitrogens with two attached hydrogens (primary N) is 1. The second-order valence-corrected chi connectivity index (χ2v) is 6.10. The Morgan fingerprint density at radius 3 is 2.72 bits per heavy atom. The molecule has 5 heteroatoms. The van der Waals surface area contributed by atoms with E-state index < -0.39 is 0 Å². The minimum Gasteiger partial charge on any atom is -0.271 e. The Balaban J connectivity index is 2.44. The number of nitrogens with zero attached hydrogens (tertiary/aromatic N) is 1. The summed E-state index contributed by atoms with van der Waals surface area (Å²) in [4.78, 5) is 4.31. The molecule has 2 aromatic rings. The maximum Gasteiger partial charge on any atom is 0.0736 e. The molecule has 3 nitrogen and oxygen atoms in total. The minimum absolute atomic E-state index is 0.0674. The lowest BCUT2D eigenvalue weighted by atomic mass is 10.0. The maximum absolute atomic E-state index is 5.69. The summed E-state index contributed by atoms with van der Waals surface area (Å²) >= 11 is 5.86. The van der Waals surface area contributed by atoms with Crippen LogP contribution in [0.15, 0.2) is 41.0 Å². The number of hydrogen-bond acceptors (Lipinski definition) is 3. The van der Waals surface area contributed by atoms with Gasteiger partial charge in [-0.05, 0) is 64.9 Å². The van der Waals surface area contributed by atoms with E-state index in [4.69, 9.17) is 5.84 Å². The molecular weight excluding hydrogens is 405 g/mol. The molecule has 1 unspecified atom stereocenters. The first-order valence-corrected chi connectivity index (χ1v) is 7.32. The molecule has 1 heterocycles. The third kappa shape index (κ3) is 3.09. The van der Waals surface area contributed by atoms with Crippen LogP contribution < -0.4 is 11.3 Å². The van der Waals surface area contributed by atoms with Crippen LogP contribution in [0.3, 0.4) is 0 Å². The van der Waals surface area contributed by atoms with E-state index >= 15 is 0 Å². The van der Waals surface area contributed by atoms with E-state index in [0.717, 1.165) is 21.3 Å². The Labute approximate surface area is 128 Å². The lowest BCUT2D eigenvalue weighted by molar-refractivity contribution is 0.631. The van der Waals surface area contributed by atoms with Crippen LogP contribution in [0.1, 0.15) is 22.9 Å². The molecule has 1 aromatic heterocycles. The first-order chi connectivity index (χ1) is 8.61. The highest BCUT2D eigenvalue weighted by molar-refractivity contribution is 14.1. The van der Waals surface area contributed by atoms with Gasteiger partial charge in [0, 0.05) is 19.9 Å². The predicted octanol–water partition coefficient (Wildman–Crippen LogP) is 3.31. The highest BCUT2D eigenvalue weighted by Crippen LogP contribution is 2.29. The molecule has 0 spiro atoms. The van der Waals surface area contributed by atoms with Gasteiger partial charge in [0.2, 0.25) is 0 Å². The quantitative estimate of drug-likeness (QED) is 0.457. The van der Waals surface area contributed by atoms with Crippen LogP contribution in [0, 0.1) is 10.5 Å². The Bertz CT molecular complexity index is 542. The van der Waals surface area contributed by atoms with E-state index in [9.17, 15) is 0 Å². The second kappa shape index (κ2) is 6.10. The summed E-state index contributed by atoms with van der Waals surface area (Å²) in [5.41, 5.74) is 6.00. The van der Waals surface area contributed by atoms with Crippen LogP contribution >= 0.6 is 38.5 Å². The summed E-state index contributed by atoms with van der Waals surface area (Å²) in [7, 11) is 0. The van der Waals surface area contributed by atoms with Crippen molar-refractivity contribution in [1.29, 1.82) is 0 Å². The van der Waals surface area contributed by atoms with E-state index in [0.29, 0.717) is 0 Å². The first-order valence-electron chi connectivity index (χ1n) is 5.45. The van der Waals surface area contributed by atoms with Crippen molar-refractivity contribution in [3.63, 3.8) is 0 Å². The van der Waals surface area contributed by atoms with Gasteiger partial charge >= 0.3 is 0 Å². The smallest absolute Gasteiger partial charge is 0.0736 e. The molecule has 0 aliphatic heterocycles. The Hall–Kier alpha value is -0.500. The highest BCUT2D eigenvalue weighted by atomic mass is 127. The van der Waals surface area contributed by atoms with E-state index in [1.54, 1.807) is 0 Å². The van der Waals surface area contributed by atoms with Crippen LogP contribution in [0.5, 0.6) is 0 Å². The van der Waals surface area contributed by atoms with Gasteiger partial charge in [0.05, 0.1) is 6.04 Å². The van der Waals surface area contributed by atoms with E-state index in [-0.39, 0.29) is 6.04 Å². The lowest BCUT2D eigenvalue weighted by Gasteiger charge is -2.18. The third-order valence-corrected chi connectivity index (χ3v) is 4.10. The van der Waals surface area contributed by atoms with Gasteiger partial charge in [0.25, 0.3) is 0 Å². The molecule has 0 saturated heterocycles. The van der Waals surface area contributed by atoms with Crippen molar-refractivity contribution in [3.05, 3.63) is 61.4 Å². The van der Waals surface area contributed by atoms with Crippen molar-refractivity contribution in [3.8, 4) is 0 Å². The summed E-state index contributed by atoms with van der Waals surface area (Å²) in [5, 5.41) is 0. The molecule has 2 rings (SSSR count). The van der Waals surface area contributed by atoms with Gasteiger partial charge in [-0.3, -0.25) is 10.8 Å². The number of rotatable bonds is 3. The second-order valence-electron chi connectivity index (χ2n) is 4.00. The van der Waals surface area contributed by atoms with Gasteiger partial charge in [-0.25, -0.2) is 5.43 Å². The van der Waals surface area contributed by atoms with Gasteiger partial charge < -0.3 is 0 Å². The molecule has 0 fully saturated rings. The monoisotopic (exact) mass is 417 g/mol. The fourth-order valence-electron chi connectivity index (χ4n) is 1.75. The molecule has 0 bridgehead atoms. The first kappa shape index (κ1) is 13.9. The lowest BCUT2D eigenvalue weighted by Crippen LogP contribution is -2.29. The molecule has 3 N–H and O–H groups in total. The number of halogens is 2. The Morgan fingerprint density at radius 2 is 2.11 bits per heavy atom. The molecule has 0 amide bonds. The van der Waals surface area contributed by atoms with Gasteiger partial charge in [-0.1, -0.05) is 22.0 Å². The van der Waals surface area contributed by atoms with Crippen molar-refractivity contribution >= 4 is 38.5 Å².